The number of rotatable bonds is 3. The van der Waals surface area contributed by atoms with Crippen molar-refractivity contribution in [2.75, 3.05) is 5.75 Å². The number of aromatic nitrogens is 2. The standard InChI is InChI=1S/C8H9IN2OS/c9-7-5-10-6-11(8(7)12)3-1-2-4-13/h1-2,5-6,13H,3-4H2. The number of allylic oxidation sites excluding steroid dienone is 1. The van der Waals surface area contributed by atoms with E-state index in [-0.39, 0.29) is 5.56 Å². The highest BCUT2D eigenvalue weighted by Gasteiger charge is 1.97. The first-order valence-electron chi connectivity index (χ1n) is 3.71. The molecule has 3 nitrogen and oxygen atoms in total. The first kappa shape index (κ1) is 10.8. The van der Waals surface area contributed by atoms with E-state index in [4.69, 9.17) is 0 Å². The molecular weight excluding hydrogens is 299 g/mol. The fourth-order valence-corrected chi connectivity index (χ4v) is 1.44. The lowest BCUT2D eigenvalue weighted by molar-refractivity contribution is 0.746. The Balaban J connectivity index is 2.84. The van der Waals surface area contributed by atoms with E-state index >= 15 is 0 Å². The van der Waals surface area contributed by atoms with Crippen LogP contribution in [0.15, 0.2) is 29.5 Å². The van der Waals surface area contributed by atoms with Gasteiger partial charge in [0.15, 0.2) is 0 Å². The van der Waals surface area contributed by atoms with Crippen LogP contribution in [0.25, 0.3) is 0 Å². The number of nitrogens with zero attached hydrogens (tertiary/aromatic N) is 2. The lowest BCUT2D eigenvalue weighted by atomic mass is 10.5. The van der Waals surface area contributed by atoms with Crippen molar-refractivity contribution in [2.45, 2.75) is 6.54 Å². The second-order valence-corrected chi connectivity index (χ2v) is 3.88. The summed E-state index contributed by atoms with van der Waals surface area (Å²) < 4.78 is 2.20. The maximum atomic E-state index is 11.4. The highest BCUT2D eigenvalue weighted by molar-refractivity contribution is 14.1. The molecule has 0 aromatic carbocycles. The maximum absolute atomic E-state index is 11.4. The predicted octanol–water partition coefficient (Wildman–Crippen LogP) is 1.33. The van der Waals surface area contributed by atoms with Crippen molar-refractivity contribution in [2.24, 2.45) is 0 Å². The zero-order valence-electron chi connectivity index (χ0n) is 6.85. The molecule has 1 aromatic rings. The molecule has 0 aliphatic heterocycles. The third-order valence-corrected chi connectivity index (χ3v) is 2.38. The van der Waals surface area contributed by atoms with Gasteiger partial charge in [0.25, 0.3) is 5.56 Å². The van der Waals surface area contributed by atoms with Crippen LogP contribution in [0.4, 0.5) is 0 Å². The Morgan fingerprint density at radius 3 is 3.08 bits per heavy atom. The van der Waals surface area contributed by atoms with Gasteiger partial charge in [-0.1, -0.05) is 12.2 Å². The monoisotopic (exact) mass is 308 g/mol. The molecule has 0 fully saturated rings. The number of hydrogen-bond donors (Lipinski definition) is 1. The van der Waals surface area contributed by atoms with Crippen molar-refractivity contribution in [1.29, 1.82) is 0 Å². The molecule has 0 radical (unpaired) electrons. The molecule has 1 aromatic heterocycles. The minimum Gasteiger partial charge on any atom is -0.294 e. The smallest absolute Gasteiger partial charge is 0.267 e. The molecule has 1 heterocycles. The lowest BCUT2D eigenvalue weighted by Crippen LogP contribution is -2.21. The average Bonchev–Trinajstić information content (AvgIpc) is 2.13. The van der Waals surface area contributed by atoms with Crippen molar-refractivity contribution in [3.63, 3.8) is 0 Å². The van der Waals surface area contributed by atoms with Gasteiger partial charge in [0.05, 0.1) is 9.90 Å². The summed E-state index contributed by atoms with van der Waals surface area (Å²) in [5, 5.41) is 0. The van der Waals surface area contributed by atoms with Crippen molar-refractivity contribution in [1.82, 2.24) is 9.55 Å². The van der Waals surface area contributed by atoms with Crippen LogP contribution in [0, 0.1) is 3.57 Å². The largest absolute Gasteiger partial charge is 0.294 e. The highest BCUT2D eigenvalue weighted by atomic mass is 127. The van der Waals surface area contributed by atoms with E-state index in [9.17, 15) is 4.79 Å². The molecule has 5 heteroatoms. The van der Waals surface area contributed by atoms with E-state index in [0.717, 1.165) is 0 Å². The van der Waals surface area contributed by atoms with Gasteiger partial charge in [-0.15, -0.1) is 0 Å². The Morgan fingerprint density at radius 1 is 1.62 bits per heavy atom. The quantitative estimate of drug-likeness (QED) is 0.519. The molecule has 0 N–H and O–H groups in total. The van der Waals surface area contributed by atoms with E-state index in [2.05, 4.69) is 17.6 Å². The second-order valence-electron chi connectivity index (χ2n) is 2.35. The summed E-state index contributed by atoms with van der Waals surface area (Å²) in [6, 6.07) is 0. The first-order chi connectivity index (χ1) is 6.25. The van der Waals surface area contributed by atoms with Crippen LogP contribution in [-0.4, -0.2) is 15.3 Å². The van der Waals surface area contributed by atoms with E-state index in [1.807, 2.05) is 34.7 Å². The summed E-state index contributed by atoms with van der Waals surface area (Å²) in [4.78, 5) is 15.4. The van der Waals surface area contributed by atoms with Crippen LogP contribution in [0.2, 0.25) is 0 Å². The molecule has 70 valence electrons. The zero-order chi connectivity index (χ0) is 9.68. The number of hydrogen-bond acceptors (Lipinski definition) is 3. The molecule has 0 spiro atoms. The fourth-order valence-electron chi connectivity index (χ4n) is 0.817. The summed E-state index contributed by atoms with van der Waals surface area (Å²) >= 11 is 6.00. The number of halogens is 1. The van der Waals surface area contributed by atoms with Gasteiger partial charge in [0, 0.05) is 18.5 Å². The fraction of sp³-hybridized carbons (Fsp3) is 0.250. The molecule has 0 aliphatic rings. The Kier molecular flexibility index (Phi) is 4.51. The summed E-state index contributed by atoms with van der Waals surface area (Å²) in [7, 11) is 0. The van der Waals surface area contributed by atoms with Gasteiger partial charge in [-0.05, 0) is 22.6 Å². The van der Waals surface area contributed by atoms with Crippen LogP contribution in [-0.2, 0) is 6.54 Å². The molecule has 0 amide bonds. The maximum Gasteiger partial charge on any atom is 0.267 e. The van der Waals surface area contributed by atoms with Crippen molar-refractivity contribution in [3.8, 4) is 0 Å². The molecule has 13 heavy (non-hydrogen) atoms. The Bertz CT molecular complexity index is 361. The highest BCUT2D eigenvalue weighted by Crippen LogP contribution is 1.93. The first-order valence-corrected chi connectivity index (χ1v) is 5.42. The Morgan fingerprint density at radius 2 is 2.38 bits per heavy atom. The zero-order valence-corrected chi connectivity index (χ0v) is 9.90. The van der Waals surface area contributed by atoms with Gasteiger partial charge < -0.3 is 0 Å². The second kappa shape index (κ2) is 5.43. The Labute approximate surface area is 95.4 Å². The van der Waals surface area contributed by atoms with Crippen LogP contribution < -0.4 is 5.56 Å². The van der Waals surface area contributed by atoms with E-state index in [1.165, 1.54) is 6.33 Å². The normalized spacial score (nSPS) is 10.9. The van der Waals surface area contributed by atoms with Gasteiger partial charge in [-0.25, -0.2) is 4.98 Å². The molecule has 0 aliphatic carbocycles. The Hall–Kier alpha value is -0.300. The van der Waals surface area contributed by atoms with Crippen LogP contribution >= 0.6 is 35.2 Å². The predicted molar refractivity (Wildman–Crippen MR) is 64.2 cm³/mol. The van der Waals surface area contributed by atoms with Gasteiger partial charge in [0.2, 0.25) is 0 Å². The van der Waals surface area contributed by atoms with E-state index in [1.54, 1.807) is 10.8 Å². The average molecular weight is 308 g/mol. The third-order valence-electron chi connectivity index (χ3n) is 1.43. The van der Waals surface area contributed by atoms with Crippen molar-refractivity contribution in [3.05, 3.63) is 38.6 Å². The summed E-state index contributed by atoms with van der Waals surface area (Å²) in [6.45, 7) is 0.559. The molecule has 1 rings (SSSR count). The minimum atomic E-state index is -0.000542. The van der Waals surface area contributed by atoms with Gasteiger partial charge in [0.1, 0.15) is 0 Å². The SMILES string of the molecule is O=c1c(I)cncn1CC=CCS. The summed E-state index contributed by atoms with van der Waals surface area (Å²) in [5.41, 5.74) is -0.000542. The van der Waals surface area contributed by atoms with Gasteiger partial charge in [-0.2, -0.15) is 12.6 Å². The summed E-state index contributed by atoms with van der Waals surface area (Å²) in [6.07, 6.45) is 6.89. The van der Waals surface area contributed by atoms with Gasteiger partial charge in [-0.3, -0.25) is 9.36 Å². The van der Waals surface area contributed by atoms with Crippen LogP contribution in [0.1, 0.15) is 0 Å². The lowest BCUT2D eigenvalue weighted by Gasteiger charge is -1.99. The van der Waals surface area contributed by atoms with Crippen molar-refractivity contribution >= 4 is 35.2 Å². The van der Waals surface area contributed by atoms with Crippen LogP contribution in [0.5, 0.6) is 0 Å². The minimum absolute atomic E-state index is 0.000542. The van der Waals surface area contributed by atoms with Gasteiger partial charge >= 0.3 is 0 Å². The summed E-state index contributed by atoms with van der Waals surface area (Å²) in [5.74, 6) is 0.687. The van der Waals surface area contributed by atoms with Crippen LogP contribution in [0.3, 0.4) is 0 Å². The molecule has 0 atom stereocenters. The number of thiol groups is 1. The molecule has 0 unspecified atom stereocenters. The molecule has 0 saturated carbocycles. The van der Waals surface area contributed by atoms with E-state index < -0.39 is 0 Å². The molecule has 0 bridgehead atoms. The molecule has 0 saturated heterocycles. The van der Waals surface area contributed by atoms with Crippen molar-refractivity contribution < 1.29 is 0 Å². The topological polar surface area (TPSA) is 34.9 Å². The van der Waals surface area contributed by atoms with E-state index in [0.29, 0.717) is 15.9 Å². The third kappa shape index (κ3) is 3.15. The molecular formula is C8H9IN2OS.